The number of hydrogen-bond donors (Lipinski definition) is 0. The first-order valence-electron chi connectivity index (χ1n) is 14.1. The summed E-state index contributed by atoms with van der Waals surface area (Å²) in [6, 6.07) is 32.7. The van der Waals surface area contributed by atoms with Gasteiger partial charge in [0.05, 0.1) is 22.3 Å². The molecule has 0 amide bonds. The minimum atomic E-state index is -1.45. The average molecular weight is 611 g/mol. The second kappa shape index (κ2) is 14.9. The van der Waals surface area contributed by atoms with E-state index in [0.29, 0.717) is 0 Å². The SMILES string of the molecule is CO[C@H]1OC(COC(=O)c2ccccc2)[C@H](OC(=O)c2ccccc2)[C@H](OC(=O)c2ccccc2)C1OC(=O)c1ccccc1. The Balaban J connectivity index is 1.50. The molecule has 10 nitrogen and oxygen atoms in total. The highest BCUT2D eigenvalue weighted by atomic mass is 16.7. The van der Waals surface area contributed by atoms with Crippen molar-refractivity contribution in [3.05, 3.63) is 144 Å². The number of ether oxygens (including phenoxy) is 6. The van der Waals surface area contributed by atoms with Crippen molar-refractivity contribution in [2.45, 2.75) is 30.7 Å². The van der Waals surface area contributed by atoms with E-state index in [9.17, 15) is 19.2 Å². The van der Waals surface area contributed by atoms with Crippen LogP contribution in [0.1, 0.15) is 41.4 Å². The number of carbonyl (C=O) groups is 4. The molecule has 0 spiro atoms. The highest BCUT2D eigenvalue weighted by Crippen LogP contribution is 2.31. The Hall–Kier alpha value is -5.32. The molecule has 1 aliphatic rings. The fourth-order valence-electron chi connectivity index (χ4n) is 4.72. The Kier molecular flexibility index (Phi) is 10.3. The Morgan fingerprint density at radius 1 is 0.511 bits per heavy atom. The Morgan fingerprint density at radius 2 is 0.867 bits per heavy atom. The highest BCUT2D eigenvalue weighted by molar-refractivity contribution is 5.91. The summed E-state index contributed by atoms with van der Waals surface area (Å²) in [6.07, 6.45) is -6.76. The molecule has 1 heterocycles. The predicted octanol–water partition coefficient (Wildman–Crippen LogP) is 4.89. The molecule has 0 bridgehead atoms. The van der Waals surface area contributed by atoms with Gasteiger partial charge in [-0.25, -0.2) is 19.2 Å². The molecule has 2 unspecified atom stereocenters. The largest absolute Gasteiger partial charge is 0.459 e. The van der Waals surface area contributed by atoms with Crippen molar-refractivity contribution in [3.8, 4) is 0 Å². The van der Waals surface area contributed by atoms with Crippen molar-refractivity contribution in [1.82, 2.24) is 0 Å². The summed E-state index contributed by atoms with van der Waals surface area (Å²) in [4.78, 5) is 52.8. The monoisotopic (exact) mass is 610 g/mol. The number of hydrogen-bond acceptors (Lipinski definition) is 10. The Labute approximate surface area is 259 Å². The van der Waals surface area contributed by atoms with Gasteiger partial charge >= 0.3 is 23.9 Å². The normalized spacial score (nSPS) is 20.8. The first kappa shape index (κ1) is 31.1. The maximum absolute atomic E-state index is 13.4. The van der Waals surface area contributed by atoms with Crippen molar-refractivity contribution in [3.63, 3.8) is 0 Å². The topological polar surface area (TPSA) is 124 Å². The lowest BCUT2D eigenvalue weighted by molar-refractivity contribution is -0.291. The van der Waals surface area contributed by atoms with Crippen LogP contribution < -0.4 is 0 Å². The van der Waals surface area contributed by atoms with Gasteiger partial charge in [-0.2, -0.15) is 0 Å². The third kappa shape index (κ3) is 7.80. The van der Waals surface area contributed by atoms with Crippen LogP contribution in [0.25, 0.3) is 0 Å². The number of methoxy groups -OCH3 is 1. The summed E-state index contributed by atoms with van der Waals surface area (Å²) < 4.78 is 34.9. The number of esters is 4. The quantitative estimate of drug-likeness (QED) is 0.181. The average Bonchev–Trinajstić information content (AvgIpc) is 3.10. The van der Waals surface area contributed by atoms with Crippen LogP contribution in [-0.2, 0) is 28.4 Å². The van der Waals surface area contributed by atoms with Crippen molar-refractivity contribution in [1.29, 1.82) is 0 Å². The van der Waals surface area contributed by atoms with Crippen LogP contribution in [-0.4, -0.2) is 68.3 Å². The van der Waals surface area contributed by atoms with E-state index in [2.05, 4.69) is 0 Å². The summed E-state index contributed by atoms with van der Waals surface area (Å²) in [6.45, 7) is -0.418. The first-order valence-corrected chi connectivity index (χ1v) is 14.1. The predicted molar refractivity (Wildman–Crippen MR) is 159 cm³/mol. The molecule has 0 N–H and O–H groups in total. The van der Waals surface area contributed by atoms with Crippen LogP contribution in [0.3, 0.4) is 0 Å². The molecule has 4 aromatic rings. The van der Waals surface area contributed by atoms with Gasteiger partial charge in [0.15, 0.2) is 24.6 Å². The van der Waals surface area contributed by atoms with E-state index in [4.69, 9.17) is 28.4 Å². The Bertz CT molecular complexity index is 1580. The molecule has 10 heteroatoms. The smallest absolute Gasteiger partial charge is 0.338 e. The molecular weight excluding hydrogens is 580 g/mol. The van der Waals surface area contributed by atoms with Crippen LogP contribution in [0.2, 0.25) is 0 Å². The number of rotatable bonds is 10. The second-order valence-electron chi connectivity index (χ2n) is 9.95. The van der Waals surface area contributed by atoms with Gasteiger partial charge in [0.1, 0.15) is 12.7 Å². The van der Waals surface area contributed by atoms with Crippen LogP contribution in [0, 0.1) is 0 Å². The van der Waals surface area contributed by atoms with E-state index in [1.807, 2.05) is 0 Å². The zero-order chi connectivity index (χ0) is 31.6. The van der Waals surface area contributed by atoms with E-state index >= 15 is 0 Å². The van der Waals surface area contributed by atoms with Crippen LogP contribution in [0.15, 0.2) is 121 Å². The van der Waals surface area contributed by atoms with Crippen LogP contribution >= 0.6 is 0 Å². The molecule has 1 aliphatic heterocycles. The standard InChI is InChI=1S/C35H30O10/c1-40-35-30(45-34(39)26-20-12-5-13-21-26)29(44-33(38)25-18-10-4-11-19-25)28(43-32(37)24-16-8-3-9-17-24)27(42-35)22-41-31(36)23-14-6-2-7-15-23/h2-21,27-30,35H,22H2,1H3/t27?,28-,29-,30?,35-/m0/s1. The summed E-state index contributed by atoms with van der Waals surface area (Å²) in [5.41, 5.74) is 0.914. The molecule has 5 atom stereocenters. The number of benzene rings is 4. The van der Waals surface area contributed by atoms with Crippen LogP contribution in [0.5, 0.6) is 0 Å². The van der Waals surface area contributed by atoms with Gasteiger partial charge in [-0.15, -0.1) is 0 Å². The second-order valence-corrected chi connectivity index (χ2v) is 9.95. The zero-order valence-corrected chi connectivity index (χ0v) is 24.2. The fraction of sp³-hybridized carbons (Fsp3) is 0.200. The molecular formula is C35H30O10. The molecule has 1 fully saturated rings. The maximum Gasteiger partial charge on any atom is 0.338 e. The lowest BCUT2D eigenvalue weighted by Gasteiger charge is -2.44. The molecule has 0 radical (unpaired) electrons. The Morgan fingerprint density at radius 3 is 1.27 bits per heavy atom. The van der Waals surface area contributed by atoms with E-state index in [0.717, 1.165) is 0 Å². The van der Waals surface area contributed by atoms with Gasteiger partial charge in [-0.1, -0.05) is 72.8 Å². The van der Waals surface area contributed by atoms with Crippen LogP contribution in [0.4, 0.5) is 0 Å². The fourth-order valence-corrected chi connectivity index (χ4v) is 4.72. The molecule has 0 aromatic heterocycles. The third-order valence-corrected chi connectivity index (χ3v) is 6.97. The minimum Gasteiger partial charge on any atom is -0.459 e. The molecule has 5 rings (SSSR count). The highest BCUT2D eigenvalue weighted by Gasteiger charge is 2.53. The summed E-state index contributed by atoms with van der Waals surface area (Å²) in [7, 11) is 1.31. The molecule has 45 heavy (non-hydrogen) atoms. The van der Waals surface area contributed by atoms with Gasteiger partial charge in [0.2, 0.25) is 0 Å². The lowest BCUT2D eigenvalue weighted by Crippen LogP contribution is -2.63. The van der Waals surface area contributed by atoms with Crippen molar-refractivity contribution >= 4 is 23.9 Å². The minimum absolute atomic E-state index is 0.200. The third-order valence-electron chi connectivity index (χ3n) is 6.97. The van der Waals surface area contributed by atoms with E-state index < -0.39 is 61.2 Å². The maximum atomic E-state index is 13.4. The van der Waals surface area contributed by atoms with Crippen molar-refractivity contribution in [2.24, 2.45) is 0 Å². The van der Waals surface area contributed by atoms with Gasteiger partial charge in [-0.3, -0.25) is 0 Å². The molecule has 0 saturated carbocycles. The van der Waals surface area contributed by atoms with Gasteiger partial charge in [0.25, 0.3) is 0 Å². The summed E-state index contributed by atoms with van der Waals surface area (Å²) in [5.74, 6) is -2.96. The molecule has 230 valence electrons. The van der Waals surface area contributed by atoms with E-state index in [1.165, 1.54) is 7.11 Å². The van der Waals surface area contributed by atoms with E-state index in [-0.39, 0.29) is 22.3 Å². The van der Waals surface area contributed by atoms with Crippen molar-refractivity contribution < 1.29 is 47.6 Å². The molecule has 1 saturated heterocycles. The van der Waals surface area contributed by atoms with Gasteiger partial charge < -0.3 is 28.4 Å². The van der Waals surface area contributed by atoms with E-state index in [1.54, 1.807) is 121 Å². The zero-order valence-electron chi connectivity index (χ0n) is 24.2. The lowest BCUT2D eigenvalue weighted by atomic mass is 9.97. The van der Waals surface area contributed by atoms with Gasteiger partial charge in [-0.05, 0) is 48.5 Å². The molecule has 0 aliphatic carbocycles. The summed E-state index contributed by atoms with van der Waals surface area (Å²) in [5, 5.41) is 0. The van der Waals surface area contributed by atoms with Crippen molar-refractivity contribution in [2.75, 3.05) is 13.7 Å². The first-order chi connectivity index (χ1) is 21.9. The number of carbonyl (C=O) groups excluding carboxylic acids is 4. The van der Waals surface area contributed by atoms with Gasteiger partial charge in [0, 0.05) is 7.11 Å². The summed E-state index contributed by atoms with van der Waals surface area (Å²) >= 11 is 0. The molecule has 4 aromatic carbocycles.